The second kappa shape index (κ2) is 5.98. The smallest absolute Gasteiger partial charge is 0.406 e. The number of halogens is 5. The summed E-state index contributed by atoms with van der Waals surface area (Å²) in [6.07, 6.45) is -4.78. The minimum atomic E-state index is -4.78. The van der Waals surface area contributed by atoms with Crippen LogP contribution in [-0.4, -0.2) is 14.8 Å². The van der Waals surface area contributed by atoms with Gasteiger partial charge in [-0.2, -0.15) is 0 Å². The Morgan fingerprint density at radius 3 is 2.00 bits per heavy atom. The normalized spacial score (nSPS) is 12.2. The first-order valence-electron chi connectivity index (χ1n) is 5.67. The van der Waals surface area contributed by atoms with Crippen molar-refractivity contribution >= 4 is 31.3 Å². The van der Waals surface area contributed by atoms with E-state index in [4.69, 9.17) is 22.3 Å². The third-order valence-electron chi connectivity index (χ3n) is 2.62. The van der Waals surface area contributed by atoms with Crippen molar-refractivity contribution in [2.24, 2.45) is 0 Å². The van der Waals surface area contributed by atoms with E-state index in [1.54, 1.807) is 0 Å². The van der Waals surface area contributed by atoms with E-state index in [1.165, 1.54) is 30.3 Å². The zero-order valence-electron chi connectivity index (χ0n) is 10.6. The van der Waals surface area contributed by atoms with E-state index in [2.05, 4.69) is 4.74 Å². The van der Waals surface area contributed by atoms with Crippen LogP contribution in [0.15, 0.2) is 47.4 Å². The Hall–Kier alpha value is -1.44. The van der Waals surface area contributed by atoms with Crippen LogP contribution in [0.25, 0.3) is 11.1 Å². The molecule has 3 nitrogen and oxygen atoms in total. The Morgan fingerprint density at radius 2 is 1.50 bits per heavy atom. The molecule has 0 spiro atoms. The highest BCUT2D eigenvalue weighted by Gasteiger charge is 2.31. The van der Waals surface area contributed by atoms with Gasteiger partial charge < -0.3 is 4.74 Å². The summed E-state index contributed by atoms with van der Waals surface area (Å²) in [5.41, 5.74) is 0.912. The van der Waals surface area contributed by atoms with Crippen LogP contribution in [0.5, 0.6) is 5.75 Å². The molecule has 0 unspecified atom stereocenters. The Balaban J connectivity index is 2.37. The molecule has 0 bridgehead atoms. The highest BCUT2D eigenvalue weighted by atomic mass is 35.7. The molecule has 0 aromatic heterocycles. The van der Waals surface area contributed by atoms with Gasteiger partial charge in [0, 0.05) is 10.7 Å². The molecule has 9 heteroatoms. The monoisotopic (exact) mass is 370 g/mol. The van der Waals surface area contributed by atoms with Gasteiger partial charge in [0.2, 0.25) is 0 Å². The summed E-state index contributed by atoms with van der Waals surface area (Å²) in [5.74, 6) is -0.379. The minimum absolute atomic E-state index is 0.0456. The van der Waals surface area contributed by atoms with Crippen molar-refractivity contribution in [1.29, 1.82) is 0 Å². The first kappa shape index (κ1) is 16.9. The van der Waals surface area contributed by atoms with E-state index in [-0.39, 0.29) is 15.7 Å². The highest BCUT2D eigenvalue weighted by Crippen LogP contribution is 2.31. The summed E-state index contributed by atoms with van der Waals surface area (Å²) in [6, 6.07) is 9.05. The molecule has 22 heavy (non-hydrogen) atoms. The average molecular weight is 371 g/mol. The van der Waals surface area contributed by atoms with Crippen molar-refractivity contribution in [1.82, 2.24) is 0 Å². The van der Waals surface area contributed by atoms with Crippen LogP contribution < -0.4 is 4.74 Å². The summed E-state index contributed by atoms with van der Waals surface area (Å²) in [6.45, 7) is 0. The Labute approximate surface area is 133 Å². The first-order valence-corrected chi connectivity index (χ1v) is 8.35. The summed E-state index contributed by atoms with van der Waals surface area (Å²) in [7, 11) is 1.23. The van der Waals surface area contributed by atoms with Gasteiger partial charge in [0.1, 0.15) is 10.6 Å². The van der Waals surface area contributed by atoms with Crippen LogP contribution in [0.1, 0.15) is 0 Å². The van der Waals surface area contributed by atoms with Crippen LogP contribution in [0.4, 0.5) is 13.2 Å². The highest BCUT2D eigenvalue weighted by molar-refractivity contribution is 8.13. The van der Waals surface area contributed by atoms with Gasteiger partial charge in [0.25, 0.3) is 9.05 Å². The van der Waals surface area contributed by atoms with Gasteiger partial charge in [0.05, 0.1) is 5.02 Å². The van der Waals surface area contributed by atoms with Crippen LogP contribution in [0.3, 0.4) is 0 Å². The fraction of sp³-hybridized carbons (Fsp3) is 0.0769. The minimum Gasteiger partial charge on any atom is -0.406 e. The SMILES string of the molecule is O=S(=O)(Cl)c1cc(-c2ccc(OC(F)(F)F)cc2)ccc1Cl. The fourth-order valence-corrected chi connectivity index (χ4v) is 3.21. The third kappa shape index (κ3) is 4.28. The molecule has 0 atom stereocenters. The quantitative estimate of drug-likeness (QED) is 0.726. The maximum absolute atomic E-state index is 12.1. The summed E-state index contributed by atoms with van der Waals surface area (Å²) >= 11 is 5.76. The van der Waals surface area contributed by atoms with Crippen molar-refractivity contribution in [3.63, 3.8) is 0 Å². The molecule has 2 aromatic carbocycles. The summed E-state index contributed by atoms with van der Waals surface area (Å²) in [4.78, 5) is -0.274. The molecule has 0 aliphatic rings. The molecule has 0 saturated heterocycles. The van der Waals surface area contributed by atoms with Gasteiger partial charge in [-0.25, -0.2) is 8.42 Å². The van der Waals surface area contributed by atoms with Gasteiger partial charge in [-0.05, 0) is 35.4 Å². The van der Waals surface area contributed by atoms with Crippen LogP contribution in [0.2, 0.25) is 5.02 Å². The molecule has 0 N–H and O–H groups in total. The van der Waals surface area contributed by atoms with Gasteiger partial charge in [-0.15, -0.1) is 13.2 Å². The number of alkyl halides is 3. The van der Waals surface area contributed by atoms with E-state index in [0.29, 0.717) is 11.1 Å². The van der Waals surface area contributed by atoms with Gasteiger partial charge in [-0.1, -0.05) is 29.8 Å². The molecule has 118 valence electrons. The first-order chi connectivity index (χ1) is 10.1. The zero-order valence-corrected chi connectivity index (χ0v) is 12.9. The number of hydrogen-bond donors (Lipinski definition) is 0. The third-order valence-corrected chi connectivity index (χ3v) is 4.42. The van der Waals surface area contributed by atoms with E-state index >= 15 is 0 Å². The summed E-state index contributed by atoms with van der Waals surface area (Å²) in [5, 5.41) is -0.0456. The van der Waals surface area contributed by atoms with E-state index in [9.17, 15) is 21.6 Å². The predicted molar refractivity (Wildman–Crippen MR) is 76.6 cm³/mol. The van der Waals surface area contributed by atoms with Crippen molar-refractivity contribution in [3.8, 4) is 16.9 Å². The molecular formula is C13H7Cl2F3O3S. The van der Waals surface area contributed by atoms with Crippen molar-refractivity contribution in [3.05, 3.63) is 47.5 Å². The molecule has 2 rings (SSSR count). The van der Waals surface area contributed by atoms with Crippen LogP contribution in [-0.2, 0) is 9.05 Å². The molecule has 0 fully saturated rings. The molecule has 0 heterocycles. The van der Waals surface area contributed by atoms with Crippen LogP contribution >= 0.6 is 22.3 Å². The molecule has 0 amide bonds. The average Bonchev–Trinajstić information content (AvgIpc) is 2.37. The topological polar surface area (TPSA) is 43.4 Å². The van der Waals surface area contributed by atoms with E-state index in [0.717, 1.165) is 12.1 Å². The molecule has 2 aromatic rings. The lowest BCUT2D eigenvalue weighted by molar-refractivity contribution is -0.274. The largest absolute Gasteiger partial charge is 0.573 e. The van der Waals surface area contributed by atoms with Gasteiger partial charge >= 0.3 is 6.36 Å². The molecule has 0 aliphatic heterocycles. The lowest BCUT2D eigenvalue weighted by Crippen LogP contribution is -2.16. The fourth-order valence-electron chi connectivity index (χ4n) is 1.72. The second-order valence-corrected chi connectivity index (χ2v) is 7.10. The van der Waals surface area contributed by atoms with E-state index in [1.807, 2.05) is 0 Å². The Bertz CT molecular complexity index is 787. The van der Waals surface area contributed by atoms with E-state index < -0.39 is 15.4 Å². The standard InChI is InChI=1S/C13H7Cl2F3O3S/c14-11-6-3-9(7-12(11)22(15,19)20)8-1-4-10(5-2-8)21-13(16,17)18/h1-7H. The maximum Gasteiger partial charge on any atom is 0.573 e. The van der Waals surface area contributed by atoms with Gasteiger partial charge in [-0.3, -0.25) is 0 Å². The Morgan fingerprint density at radius 1 is 0.955 bits per heavy atom. The molecule has 0 saturated carbocycles. The molecular weight excluding hydrogens is 364 g/mol. The van der Waals surface area contributed by atoms with Crippen molar-refractivity contribution < 1.29 is 26.3 Å². The predicted octanol–water partition coefficient (Wildman–Crippen LogP) is 4.83. The summed E-state index contributed by atoms with van der Waals surface area (Å²) < 4.78 is 62.7. The van der Waals surface area contributed by atoms with Crippen LogP contribution in [0, 0.1) is 0 Å². The number of rotatable bonds is 3. The maximum atomic E-state index is 12.1. The van der Waals surface area contributed by atoms with Gasteiger partial charge in [0.15, 0.2) is 0 Å². The molecule has 0 aliphatic carbocycles. The number of hydrogen-bond acceptors (Lipinski definition) is 3. The van der Waals surface area contributed by atoms with Crippen molar-refractivity contribution in [2.45, 2.75) is 11.3 Å². The molecule has 0 radical (unpaired) electrons. The Kier molecular flexibility index (Phi) is 4.60. The number of ether oxygens (including phenoxy) is 1. The number of benzene rings is 2. The van der Waals surface area contributed by atoms with Crippen molar-refractivity contribution in [2.75, 3.05) is 0 Å². The zero-order chi connectivity index (χ0) is 16.5. The lowest BCUT2D eigenvalue weighted by Gasteiger charge is -2.10. The lowest BCUT2D eigenvalue weighted by atomic mass is 10.1. The second-order valence-electron chi connectivity index (χ2n) is 4.16.